The van der Waals surface area contributed by atoms with Crippen molar-refractivity contribution < 1.29 is 0 Å². The maximum Gasteiger partial charge on any atom is 0.0402 e. The first kappa shape index (κ1) is 12.0. The summed E-state index contributed by atoms with van der Waals surface area (Å²) >= 11 is 0. The smallest absolute Gasteiger partial charge is 0.0402 e. The first-order valence-corrected chi connectivity index (χ1v) is 7.47. The molecule has 1 N–H and O–H groups in total. The number of hydrogen-bond donors (Lipinski definition) is 1. The van der Waals surface area contributed by atoms with Crippen molar-refractivity contribution in [1.29, 1.82) is 0 Å². The van der Waals surface area contributed by atoms with Crippen LogP contribution in [0.4, 0.5) is 5.69 Å². The summed E-state index contributed by atoms with van der Waals surface area (Å²) in [6, 6.07) is 7.60. The molecular weight excluding hydrogens is 220 g/mol. The summed E-state index contributed by atoms with van der Waals surface area (Å²) in [7, 11) is 0. The second-order valence-corrected chi connectivity index (χ2v) is 5.61. The number of aryl methyl sites for hydroxylation is 1. The molecule has 1 aromatic carbocycles. The highest BCUT2D eigenvalue weighted by molar-refractivity contribution is 5.58. The van der Waals surface area contributed by atoms with E-state index in [1.807, 2.05) is 0 Å². The Labute approximate surface area is 110 Å². The van der Waals surface area contributed by atoms with Crippen LogP contribution in [0.15, 0.2) is 18.2 Å². The third-order valence-corrected chi connectivity index (χ3v) is 4.39. The molecule has 0 amide bonds. The highest BCUT2D eigenvalue weighted by Crippen LogP contribution is 2.32. The van der Waals surface area contributed by atoms with Crippen LogP contribution in [-0.2, 0) is 12.8 Å². The predicted molar refractivity (Wildman–Crippen MR) is 77.4 cm³/mol. The molecule has 18 heavy (non-hydrogen) atoms. The Morgan fingerprint density at radius 3 is 3.06 bits per heavy atom. The molecule has 1 unspecified atom stereocenters. The maximum absolute atomic E-state index is 3.58. The normalized spacial score (nSPS) is 23.2. The number of anilines is 1. The van der Waals surface area contributed by atoms with E-state index in [4.69, 9.17) is 0 Å². The van der Waals surface area contributed by atoms with Crippen molar-refractivity contribution in [1.82, 2.24) is 5.32 Å². The second kappa shape index (κ2) is 5.31. The minimum atomic E-state index is 0.689. The average Bonchev–Trinajstić information content (AvgIpc) is 2.87. The molecule has 1 aromatic rings. The van der Waals surface area contributed by atoms with Crippen molar-refractivity contribution in [3.63, 3.8) is 0 Å². The first-order valence-electron chi connectivity index (χ1n) is 7.47. The van der Waals surface area contributed by atoms with Crippen molar-refractivity contribution in [3.05, 3.63) is 29.3 Å². The van der Waals surface area contributed by atoms with Gasteiger partial charge in [-0.2, -0.15) is 0 Å². The number of benzene rings is 1. The molecule has 0 aromatic heterocycles. The van der Waals surface area contributed by atoms with Crippen molar-refractivity contribution in [3.8, 4) is 0 Å². The second-order valence-electron chi connectivity index (χ2n) is 5.61. The van der Waals surface area contributed by atoms with Crippen molar-refractivity contribution >= 4 is 5.69 Å². The predicted octanol–water partition coefficient (Wildman–Crippen LogP) is 2.75. The van der Waals surface area contributed by atoms with Crippen molar-refractivity contribution in [2.24, 2.45) is 0 Å². The number of hydrogen-bond acceptors (Lipinski definition) is 2. The largest absolute Gasteiger partial charge is 0.370 e. The van der Waals surface area contributed by atoms with Gasteiger partial charge in [0.25, 0.3) is 0 Å². The zero-order valence-corrected chi connectivity index (χ0v) is 11.4. The van der Waals surface area contributed by atoms with Crippen molar-refractivity contribution in [2.75, 3.05) is 24.5 Å². The van der Waals surface area contributed by atoms with Crippen LogP contribution in [0.2, 0.25) is 0 Å². The lowest BCUT2D eigenvalue weighted by Gasteiger charge is -2.26. The quantitative estimate of drug-likeness (QED) is 0.879. The van der Waals surface area contributed by atoms with Gasteiger partial charge in [0.1, 0.15) is 0 Å². The molecule has 0 bridgehead atoms. The SMILES string of the molecule is CCNC1CCN(c2cccc3c2CCCC3)C1. The van der Waals surface area contributed by atoms with Gasteiger partial charge in [0.05, 0.1) is 0 Å². The van der Waals surface area contributed by atoms with Crippen LogP contribution >= 0.6 is 0 Å². The summed E-state index contributed by atoms with van der Waals surface area (Å²) in [6.45, 7) is 5.69. The van der Waals surface area contributed by atoms with Crippen LogP contribution in [0.1, 0.15) is 37.3 Å². The Morgan fingerprint density at radius 2 is 2.17 bits per heavy atom. The Hall–Kier alpha value is -1.02. The molecule has 2 heteroatoms. The molecule has 98 valence electrons. The Balaban J connectivity index is 1.80. The van der Waals surface area contributed by atoms with Gasteiger partial charge in [-0.3, -0.25) is 0 Å². The highest BCUT2D eigenvalue weighted by Gasteiger charge is 2.24. The zero-order chi connectivity index (χ0) is 12.4. The van der Waals surface area contributed by atoms with Crippen LogP contribution in [0.5, 0.6) is 0 Å². The zero-order valence-electron chi connectivity index (χ0n) is 11.4. The van der Waals surface area contributed by atoms with Gasteiger partial charge >= 0.3 is 0 Å². The van der Waals surface area contributed by atoms with E-state index in [9.17, 15) is 0 Å². The van der Waals surface area contributed by atoms with E-state index in [1.54, 1.807) is 11.1 Å². The molecule has 1 aliphatic heterocycles. The maximum atomic E-state index is 3.58. The number of likely N-dealkylation sites (N-methyl/N-ethyl adjacent to an activating group) is 1. The van der Waals surface area contributed by atoms with Crippen LogP contribution < -0.4 is 10.2 Å². The molecule has 1 fully saturated rings. The van der Waals surface area contributed by atoms with Crippen molar-refractivity contribution in [2.45, 2.75) is 45.1 Å². The van der Waals surface area contributed by atoms with Gasteiger partial charge in [0, 0.05) is 24.8 Å². The van der Waals surface area contributed by atoms with Gasteiger partial charge in [0.2, 0.25) is 0 Å². The van der Waals surface area contributed by atoms with E-state index in [-0.39, 0.29) is 0 Å². The Kier molecular flexibility index (Phi) is 3.55. The van der Waals surface area contributed by atoms with Gasteiger partial charge in [-0.25, -0.2) is 0 Å². The number of rotatable bonds is 3. The summed E-state index contributed by atoms with van der Waals surface area (Å²) in [5, 5.41) is 3.58. The van der Waals surface area contributed by atoms with Crippen LogP contribution in [0.3, 0.4) is 0 Å². The van der Waals surface area contributed by atoms with Crippen LogP contribution in [0.25, 0.3) is 0 Å². The highest BCUT2D eigenvalue weighted by atomic mass is 15.2. The molecular formula is C16H24N2. The summed E-state index contributed by atoms with van der Waals surface area (Å²) in [5.41, 5.74) is 4.76. The van der Waals surface area contributed by atoms with Crippen LogP contribution in [0, 0.1) is 0 Å². The summed E-state index contributed by atoms with van der Waals surface area (Å²) < 4.78 is 0. The Bertz CT molecular complexity index is 414. The molecule has 1 atom stereocenters. The number of fused-ring (bicyclic) bond motifs is 1. The molecule has 1 aliphatic carbocycles. The van der Waals surface area contributed by atoms with Gasteiger partial charge in [-0.05, 0) is 55.8 Å². The molecule has 0 saturated carbocycles. The third kappa shape index (κ3) is 2.26. The molecule has 0 radical (unpaired) electrons. The minimum absolute atomic E-state index is 0.689. The van der Waals surface area contributed by atoms with Crippen LogP contribution in [-0.4, -0.2) is 25.7 Å². The average molecular weight is 244 g/mol. The monoisotopic (exact) mass is 244 g/mol. The summed E-state index contributed by atoms with van der Waals surface area (Å²) in [5.74, 6) is 0. The fraction of sp³-hybridized carbons (Fsp3) is 0.625. The van der Waals surface area contributed by atoms with Gasteiger partial charge < -0.3 is 10.2 Å². The molecule has 0 spiro atoms. The fourth-order valence-electron chi connectivity index (χ4n) is 3.49. The lowest BCUT2D eigenvalue weighted by Crippen LogP contribution is -2.32. The fourth-order valence-corrected chi connectivity index (χ4v) is 3.49. The molecule has 3 rings (SSSR count). The van der Waals surface area contributed by atoms with E-state index in [1.165, 1.54) is 50.9 Å². The van der Waals surface area contributed by atoms with Gasteiger partial charge in [-0.15, -0.1) is 0 Å². The lowest BCUT2D eigenvalue weighted by molar-refractivity contribution is 0.571. The van der Waals surface area contributed by atoms with Gasteiger partial charge in [-0.1, -0.05) is 19.1 Å². The van der Waals surface area contributed by atoms with Gasteiger partial charge in [0.15, 0.2) is 0 Å². The van der Waals surface area contributed by atoms with E-state index < -0.39 is 0 Å². The minimum Gasteiger partial charge on any atom is -0.370 e. The topological polar surface area (TPSA) is 15.3 Å². The molecule has 1 heterocycles. The number of nitrogens with one attached hydrogen (secondary N) is 1. The van der Waals surface area contributed by atoms with E-state index in [2.05, 4.69) is 35.3 Å². The standard InChI is InChI=1S/C16H24N2/c1-2-17-14-10-11-18(12-14)16-9-5-7-13-6-3-4-8-15(13)16/h5,7,9,14,17H,2-4,6,8,10-12H2,1H3. The first-order chi connectivity index (χ1) is 8.88. The van der Waals surface area contributed by atoms with E-state index in [0.29, 0.717) is 6.04 Å². The van der Waals surface area contributed by atoms with E-state index in [0.717, 1.165) is 6.54 Å². The number of nitrogens with zero attached hydrogens (tertiary/aromatic N) is 1. The third-order valence-electron chi connectivity index (χ3n) is 4.39. The Morgan fingerprint density at radius 1 is 1.28 bits per heavy atom. The van der Waals surface area contributed by atoms with E-state index >= 15 is 0 Å². The summed E-state index contributed by atoms with van der Waals surface area (Å²) in [4.78, 5) is 2.59. The molecule has 2 aliphatic rings. The lowest BCUT2D eigenvalue weighted by atomic mass is 9.90. The molecule has 2 nitrogen and oxygen atoms in total. The molecule has 1 saturated heterocycles. The summed E-state index contributed by atoms with van der Waals surface area (Å²) in [6.07, 6.45) is 6.60.